The maximum absolute atomic E-state index is 12.6. The van der Waals surface area contributed by atoms with E-state index < -0.39 is 4.92 Å². The normalized spacial score (nSPS) is 15.0. The SMILES string of the molecule is C/C(=C/c1ccccc1)C(=O)N1CCN(c2ccc([N+](=O)[O-])cc2)CC1. The van der Waals surface area contributed by atoms with Crippen molar-refractivity contribution in [1.29, 1.82) is 0 Å². The zero-order valence-corrected chi connectivity index (χ0v) is 14.7. The molecule has 6 heteroatoms. The fourth-order valence-electron chi connectivity index (χ4n) is 3.06. The molecule has 26 heavy (non-hydrogen) atoms. The predicted molar refractivity (Wildman–Crippen MR) is 102 cm³/mol. The molecule has 0 aliphatic carbocycles. The van der Waals surface area contributed by atoms with Crippen LogP contribution in [0.25, 0.3) is 6.08 Å². The minimum atomic E-state index is -0.401. The van der Waals surface area contributed by atoms with Crippen LogP contribution >= 0.6 is 0 Å². The van der Waals surface area contributed by atoms with Crippen LogP contribution in [0.4, 0.5) is 11.4 Å². The molecule has 0 saturated carbocycles. The number of nitro groups is 1. The highest BCUT2D eigenvalue weighted by atomic mass is 16.6. The molecular formula is C20H21N3O3. The highest BCUT2D eigenvalue weighted by molar-refractivity contribution is 5.97. The van der Waals surface area contributed by atoms with Gasteiger partial charge in [-0.15, -0.1) is 0 Å². The molecule has 1 fully saturated rings. The molecule has 0 radical (unpaired) electrons. The molecule has 1 amide bonds. The Bertz CT molecular complexity index is 808. The van der Waals surface area contributed by atoms with Crippen LogP contribution in [0.1, 0.15) is 12.5 Å². The van der Waals surface area contributed by atoms with Gasteiger partial charge in [0.15, 0.2) is 0 Å². The molecule has 2 aromatic rings. The number of carbonyl (C=O) groups is 1. The third-order valence-corrected chi connectivity index (χ3v) is 4.51. The van der Waals surface area contributed by atoms with Crippen molar-refractivity contribution in [1.82, 2.24) is 4.90 Å². The number of benzene rings is 2. The molecule has 0 spiro atoms. The number of rotatable bonds is 4. The van der Waals surface area contributed by atoms with E-state index in [4.69, 9.17) is 0 Å². The van der Waals surface area contributed by atoms with E-state index in [0.717, 1.165) is 16.8 Å². The van der Waals surface area contributed by atoms with Gasteiger partial charge in [-0.3, -0.25) is 14.9 Å². The zero-order valence-electron chi connectivity index (χ0n) is 14.7. The van der Waals surface area contributed by atoms with Gasteiger partial charge in [-0.25, -0.2) is 0 Å². The number of amides is 1. The van der Waals surface area contributed by atoms with Gasteiger partial charge in [0.25, 0.3) is 5.69 Å². The summed E-state index contributed by atoms with van der Waals surface area (Å²) in [6.45, 7) is 4.54. The van der Waals surface area contributed by atoms with Crippen LogP contribution in [0.3, 0.4) is 0 Å². The first-order valence-corrected chi connectivity index (χ1v) is 8.56. The zero-order chi connectivity index (χ0) is 18.5. The van der Waals surface area contributed by atoms with E-state index in [1.54, 1.807) is 12.1 Å². The molecule has 134 valence electrons. The monoisotopic (exact) mass is 351 g/mol. The van der Waals surface area contributed by atoms with E-state index in [9.17, 15) is 14.9 Å². The smallest absolute Gasteiger partial charge is 0.269 e. The maximum atomic E-state index is 12.6. The van der Waals surface area contributed by atoms with Gasteiger partial charge in [0.05, 0.1) is 4.92 Å². The lowest BCUT2D eigenvalue weighted by Gasteiger charge is -2.36. The Kier molecular flexibility index (Phi) is 5.31. The van der Waals surface area contributed by atoms with Gasteiger partial charge in [0, 0.05) is 49.6 Å². The third-order valence-electron chi connectivity index (χ3n) is 4.51. The van der Waals surface area contributed by atoms with Crippen LogP contribution in [-0.4, -0.2) is 41.9 Å². The Morgan fingerprint density at radius 3 is 2.19 bits per heavy atom. The minimum absolute atomic E-state index is 0.0530. The third kappa shape index (κ3) is 4.08. The van der Waals surface area contributed by atoms with Crippen LogP contribution in [-0.2, 0) is 4.79 Å². The van der Waals surface area contributed by atoms with Crippen molar-refractivity contribution in [2.45, 2.75) is 6.92 Å². The van der Waals surface area contributed by atoms with Gasteiger partial charge >= 0.3 is 0 Å². The number of non-ortho nitro benzene ring substituents is 1. The molecule has 0 aromatic heterocycles. The molecule has 2 aromatic carbocycles. The number of anilines is 1. The van der Waals surface area contributed by atoms with E-state index in [1.807, 2.05) is 48.2 Å². The maximum Gasteiger partial charge on any atom is 0.269 e. The van der Waals surface area contributed by atoms with Gasteiger partial charge in [0.2, 0.25) is 5.91 Å². The second-order valence-corrected chi connectivity index (χ2v) is 6.29. The van der Waals surface area contributed by atoms with Crippen molar-refractivity contribution in [3.05, 3.63) is 75.8 Å². The Morgan fingerprint density at radius 1 is 1.00 bits per heavy atom. The van der Waals surface area contributed by atoms with Crippen LogP contribution < -0.4 is 4.90 Å². The lowest BCUT2D eigenvalue weighted by Crippen LogP contribution is -2.49. The van der Waals surface area contributed by atoms with E-state index in [-0.39, 0.29) is 11.6 Å². The molecule has 0 N–H and O–H groups in total. The largest absolute Gasteiger partial charge is 0.368 e. The lowest BCUT2D eigenvalue weighted by atomic mass is 10.1. The second kappa shape index (κ2) is 7.82. The topological polar surface area (TPSA) is 66.7 Å². The summed E-state index contributed by atoms with van der Waals surface area (Å²) in [6, 6.07) is 16.4. The van der Waals surface area contributed by atoms with Crippen LogP contribution in [0.15, 0.2) is 60.2 Å². The van der Waals surface area contributed by atoms with Gasteiger partial charge in [-0.2, -0.15) is 0 Å². The van der Waals surface area contributed by atoms with Crippen LogP contribution in [0, 0.1) is 10.1 Å². The first kappa shape index (κ1) is 17.7. The highest BCUT2D eigenvalue weighted by Gasteiger charge is 2.22. The summed E-state index contributed by atoms with van der Waals surface area (Å²) in [5, 5.41) is 10.7. The molecule has 1 aliphatic heterocycles. The summed E-state index contributed by atoms with van der Waals surface area (Å²) < 4.78 is 0. The summed E-state index contributed by atoms with van der Waals surface area (Å²) in [6.07, 6.45) is 1.91. The molecular weight excluding hydrogens is 330 g/mol. The predicted octanol–water partition coefficient (Wildman–Crippen LogP) is 3.35. The molecule has 3 rings (SSSR count). The molecule has 1 heterocycles. The summed E-state index contributed by atoms with van der Waals surface area (Å²) in [5.74, 6) is 0.0530. The average Bonchev–Trinajstić information content (AvgIpc) is 2.68. The molecule has 6 nitrogen and oxygen atoms in total. The summed E-state index contributed by atoms with van der Waals surface area (Å²) >= 11 is 0. The molecule has 0 bridgehead atoms. The summed E-state index contributed by atoms with van der Waals surface area (Å²) in [7, 11) is 0. The Morgan fingerprint density at radius 2 is 1.62 bits per heavy atom. The van der Waals surface area contributed by atoms with E-state index >= 15 is 0 Å². The van der Waals surface area contributed by atoms with E-state index in [1.165, 1.54) is 12.1 Å². The number of hydrogen-bond acceptors (Lipinski definition) is 4. The van der Waals surface area contributed by atoms with Crippen molar-refractivity contribution in [2.75, 3.05) is 31.1 Å². The van der Waals surface area contributed by atoms with Crippen molar-refractivity contribution in [3.8, 4) is 0 Å². The number of nitrogens with zero attached hydrogens (tertiary/aromatic N) is 3. The number of nitro benzene ring substituents is 1. The molecule has 1 aliphatic rings. The van der Waals surface area contributed by atoms with Crippen LogP contribution in [0.2, 0.25) is 0 Å². The van der Waals surface area contributed by atoms with Crippen molar-refractivity contribution in [3.63, 3.8) is 0 Å². The number of carbonyl (C=O) groups excluding carboxylic acids is 1. The highest BCUT2D eigenvalue weighted by Crippen LogP contribution is 2.21. The van der Waals surface area contributed by atoms with Gasteiger partial charge in [0.1, 0.15) is 0 Å². The van der Waals surface area contributed by atoms with E-state index in [2.05, 4.69) is 4.90 Å². The molecule has 0 unspecified atom stereocenters. The van der Waals surface area contributed by atoms with Crippen molar-refractivity contribution in [2.24, 2.45) is 0 Å². The molecule has 0 atom stereocenters. The van der Waals surface area contributed by atoms with E-state index in [0.29, 0.717) is 26.2 Å². The fraction of sp³-hybridized carbons (Fsp3) is 0.250. The van der Waals surface area contributed by atoms with Gasteiger partial charge < -0.3 is 9.80 Å². The number of hydrogen-bond donors (Lipinski definition) is 0. The standard InChI is InChI=1S/C20H21N3O3/c1-16(15-17-5-3-2-4-6-17)20(24)22-13-11-21(12-14-22)18-7-9-19(10-8-18)23(25)26/h2-10,15H,11-14H2,1H3/b16-15-. The first-order chi connectivity index (χ1) is 12.5. The van der Waals surface area contributed by atoms with Gasteiger partial charge in [-0.1, -0.05) is 30.3 Å². The minimum Gasteiger partial charge on any atom is -0.368 e. The average molecular weight is 351 g/mol. The Labute approximate surface area is 152 Å². The number of piperazine rings is 1. The second-order valence-electron chi connectivity index (χ2n) is 6.29. The van der Waals surface area contributed by atoms with Crippen molar-refractivity contribution >= 4 is 23.4 Å². The van der Waals surface area contributed by atoms with Crippen molar-refractivity contribution < 1.29 is 9.72 Å². The quantitative estimate of drug-likeness (QED) is 0.481. The molecule has 1 saturated heterocycles. The Balaban J connectivity index is 1.60. The van der Waals surface area contributed by atoms with Gasteiger partial charge in [-0.05, 0) is 30.7 Å². The lowest BCUT2D eigenvalue weighted by molar-refractivity contribution is -0.384. The van der Waals surface area contributed by atoms with Crippen LogP contribution in [0.5, 0.6) is 0 Å². The Hall–Kier alpha value is -3.15. The first-order valence-electron chi connectivity index (χ1n) is 8.56. The summed E-state index contributed by atoms with van der Waals surface area (Å²) in [4.78, 5) is 27.0. The fourth-order valence-corrected chi connectivity index (χ4v) is 3.06. The summed E-state index contributed by atoms with van der Waals surface area (Å²) in [5.41, 5.74) is 2.77.